The van der Waals surface area contributed by atoms with Crippen molar-refractivity contribution < 1.29 is 4.79 Å². The van der Waals surface area contributed by atoms with Crippen LogP contribution in [0.1, 0.15) is 25.1 Å². The van der Waals surface area contributed by atoms with Gasteiger partial charge in [-0.1, -0.05) is 0 Å². The van der Waals surface area contributed by atoms with E-state index in [-0.39, 0.29) is 18.0 Å². The van der Waals surface area contributed by atoms with Crippen molar-refractivity contribution in [3.05, 3.63) is 16.6 Å². The molecule has 0 aromatic carbocycles. The standard InChI is InChI=1S/C10H15N3OS/c1-7(9-5-15-6-11-9)12-8-3-4-13(2)10(8)14/h5-8,12H,3-4H2,1-2H3. The second-order valence-electron chi connectivity index (χ2n) is 3.90. The Morgan fingerprint density at radius 1 is 1.73 bits per heavy atom. The summed E-state index contributed by atoms with van der Waals surface area (Å²) in [5.41, 5.74) is 2.83. The number of nitrogens with zero attached hydrogens (tertiary/aromatic N) is 2. The fourth-order valence-electron chi connectivity index (χ4n) is 1.80. The smallest absolute Gasteiger partial charge is 0.239 e. The Bertz CT molecular complexity index is 338. The van der Waals surface area contributed by atoms with E-state index >= 15 is 0 Å². The van der Waals surface area contributed by atoms with Crippen LogP contribution >= 0.6 is 11.3 Å². The average molecular weight is 225 g/mol. The summed E-state index contributed by atoms with van der Waals surface area (Å²) in [6, 6.07) is 0.114. The third-order valence-corrected chi connectivity index (χ3v) is 3.38. The maximum Gasteiger partial charge on any atom is 0.239 e. The van der Waals surface area contributed by atoms with E-state index in [2.05, 4.69) is 10.3 Å². The maximum absolute atomic E-state index is 11.7. The molecule has 0 bridgehead atoms. The summed E-state index contributed by atoms with van der Waals surface area (Å²) < 4.78 is 0. The quantitative estimate of drug-likeness (QED) is 0.835. The molecule has 0 saturated carbocycles. The second kappa shape index (κ2) is 4.28. The number of thiazole rings is 1. The highest BCUT2D eigenvalue weighted by Crippen LogP contribution is 2.16. The predicted molar refractivity (Wildman–Crippen MR) is 59.7 cm³/mol. The zero-order valence-electron chi connectivity index (χ0n) is 8.93. The summed E-state index contributed by atoms with van der Waals surface area (Å²) in [6.07, 6.45) is 0.893. The molecule has 2 rings (SSSR count). The number of carbonyl (C=O) groups excluding carboxylic acids is 1. The normalized spacial score (nSPS) is 23.5. The minimum absolute atomic E-state index is 0.0355. The molecular weight excluding hydrogens is 210 g/mol. The number of likely N-dealkylation sites (N-methyl/N-ethyl adjacent to an activating group) is 1. The number of amides is 1. The van der Waals surface area contributed by atoms with Crippen LogP contribution in [-0.4, -0.2) is 35.4 Å². The largest absolute Gasteiger partial charge is 0.344 e. The molecule has 1 aliphatic rings. The van der Waals surface area contributed by atoms with E-state index in [0.717, 1.165) is 18.7 Å². The minimum atomic E-state index is -0.0355. The number of nitrogens with one attached hydrogen (secondary N) is 1. The van der Waals surface area contributed by atoms with Gasteiger partial charge in [-0.05, 0) is 13.3 Å². The van der Waals surface area contributed by atoms with Crippen LogP contribution < -0.4 is 5.32 Å². The SMILES string of the molecule is CC(NC1CCN(C)C1=O)c1cscn1. The van der Waals surface area contributed by atoms with Crippen molar-refractivity contribution in [1.29, 1.82) is 0 Å². The molecule has 0 spiro atoms. The highest BCUT2D eigenvalue weighted by atomic mass is 32.1. The van der Waals surface area contributed by atoms with Gasteiger partial charge in [-0.15, -0.1) is 11.3 Å². The van der Waals surface area contributed by atoms with Gasteiger partial charge in [-0.2, -0.15) is 0 Å². The molecule has 2 atom stereocenters. The van der Waals surface area contributed by atoms with Crippen LogP contribution in [0, 0.1) is 0 Å². The van der Waals surface area contributed by atoms with Gasteiger partial charge in [-0.25, -0.2) is 4.98 Å². The van der Waals surface area contributed by atoms with Crippen molar-refractivity contribution >= 4 is 17.2 Å². The molecule has 5 heteroatoms. The zero-order chi connectivity index (χ0) is 10.8. The van der Waals surface area contributed by atoms with Gasteiger partial charge in [-0.3, -0.25) is 10.1 Å². The van der Waals surface area contributed by atoms with Crippen LogP contribution in [0.4, 0.5) is 0 Å². The molecule has 2 heterocycles. The summed E-state index contributed by atoms with van der Waals surface area (Å²) in [6.45, 7) is 2.89. The van der Waals surface area contributed by atoms with Gasteiger partial charge >= 0.3 is 0 Å². The molecule has 1 amide bonds. The van der Waals surface area contributed by atoms with Gasteiger partial charge in [0.25, 0.3) is 0 Å². The predicted octanol–water partition coefficient (Wildman–Crippen LogP) is 1.02. The Morgan fingerprint density at radius 3 is 3.07 bits per heavy atom. The van der Waals surface area contributed by atoms with Crippen LogP contribution in [0.25, 0.3) is 0 Å². The number of rotatable bonds is 3. The number of likely N-dealkylation sites (tertiary alicyclic amines) is 1. The maximum atomic E-state index is 11.7. The summed E-state index contributed by atoms with van der Waals surface area (Å²) in [7, 11) is 1.84. The van der Waals surface area contributed by atoms with Crippen molar-refractivity contribution in [3.8, 4) is 0 Å². The number of aromatic nitrogens is 1. The second-order valence-corrected chi connectivity index (χ2v) is 4.62. The number of hydrogen-bond donors (Lipinski definition) is 1. The van der Waals surface area contributed by atoms with Gasteiger partial charge in [0.15, 0.2) is 0 Å². The molecule has 1 aliphatic heterocycles. The molecule has 15 heavy (non-hydrogen) atoms. The summed E-state index contributed by atoms with van der Waals surface area (Å²) in [5, 5.41) is 5.33. The van der Waals surface area contributed by atoms with Gasteiger partial charge in [0, 0.05) is 25.0 Å². The van der Waals surface area contributed by atoms with Gasteiger partial charge in [0.05, 0.1) is 17.2 Å². The summed E-state index contributed by atoms with van der Waals surface area (Å²) in [5.74, 6) is 0.192. The van der Waals surface area contributed by atoms with Crippen molar-refractivity contribution in [3.63, 3.8) is 0 Å². The van der Waals surface area contributed by atoms with Gasteiger partial charge < -0.3 is 4.90 Å². The van der Waals surface area contributed by atoms with Crippen LogP contribution in [0.15, 0.2) is 10.9 Å². The third-order valence-electron chi connectivity index (χ3n) is 2.77. The highest BCUT2D eigenvalue weighted by molar-refractivity contribution is 7.07. The molecule has 0 aliphatic carbocycles. The lowest BCUT2D eigenvalue weighted by atomic mass is 10.2. The molecule has 0 radical (unpaired) electrons. The fourth-order valence-corrected chi connectivity index (χ4v) is 2.45. The monoisotopic (exact) mass is 225 g/mol. The Morgan fingerprint density at radius 2 is 2.53 bits per heavy atom. The molecule has 1 aromatic heterocycles. The lowest BCUT2D eigenvalue weighted by molar-refractivity contribution is -0.128. The van der Waals surface area contributed by atoms with Gasteiger partial charge in [0.2, 0.25) is 5.91 Å². The van der Waals surface area contributed by atoms with E-state index in [1.54, 1.807) is 16.2 Å². The zero-order valence-corrected chi connectivity index (χ0v) is 9.75. The molecule has 2 unspecified atom stereocenters. The van der Waals surface area contributed by atoms with Crippen LogP contribution in [0.3, 0.4) is 0 Å². The topological polar surface area (TPSA) is 45.2 Å². The van der Waals surface area contributed by atoms with E-state index in [9.17, 15) is 4.79 Å². The van der Waals surface area contributed by atoms with E-state index in [1.165, 1.54) is 0 Å². The van der Waals surface area contributed by atoms with Crippen molar-refractivity contribution in [2.75, 3.05) is 13.6 Å². The summed E-state index contributed by atoms with van der Waals surface area (Å²) >= 11 is 1.58. The molecule has 1 N–H and O–H groups in total. The molecule has 1 aromatic rings. The molecular formula is C10H15N3OS. The van der Waals surface area contributed by atoms with Crippen LogP contribution in [0.2, 0.25) is 0 Å². The minimum Gasteiger partial charge on any atom is -0.344 e. The average Bonchev–Trinajstić information content (AvgIpc) is 2.83. The third kappa shape index (κ3) is 2.18. The first kappa shape index (κ1) is 10.6. The molecule has 4 nitrogen and oxygen atoms in total. The van der Waals surface area contributed by atoms with E-state index in [0.29, 0.717) is 0 Å². The van der Waals surface area contributed by atoms with E-state index < -0.39 is 0 Å². The fraction of sp³-hybridized carbons (Fsp3) is 0.600. The Balaban J connectivity index is 1.95. The Labute approximate surface area is 93.3 Å². The van der Waals surface area contributed by atoms with Crippen molar-refractivity contribution in [1.82, 2.24) is 15.2 Å². The van der Waals surface area contributed by atoms with Crippen molar-refractivity contribution in [2.45, 2.75) is 25.4 Å². The first-order valence-corrected chi connectivity index (χ1v) is 6.02. The van der Waals surface area contributed by atoms with Crippen LogP contribution in [0.5, 0.6) is 0 Å². The molecule has 82 valence electrons. The first-order valence-electron chi connectivity index (χ1n) is 5.07. The molecule has 1 fully saturated rings. The van der Waals surface area contributed by atoms with E-state index in [1.807, 2.05) is 24.9 Å². The Hall–Kier alpha value is -0.940. The number of carbonyl (C=O) groups is 1. The summed E-state index contributed by atoms with van der Waals surface area (Å²) in [4.78, 5) is 17.7. The highest BCUT2D eigenvalue weighted by Gasteiger charge is 2.30. The first-order chi connectivity index (χ1) is 7.18. The Kier molecular flexibility index (Phi) is 3.02. The van der Waals surface area contributed by atoms with E-state index in [4.69, 9.17) is 0 Å². The lowest BCUT2D eigenvalue weighted by Gasteiger charge is -2.16. The van der Waals surface area contributed by atoms with Crippen LogP contribution in [-0.2, 0) is 4.79 Å². The van der Waals surface area contributed by atoms with Crippen molar-refractivity contribution in [2.24, 2.45) is 0 Å². The van der Waals surface area contributed by atoms with Gasteiger partial charge in [0.1, 0.15) is 0 Å². The number of hydrogen-bond acceptors (Lipinski definition) is 4. The molecule has 1 saturated heterocycles. The lowest BCUT2D eigenvalue weighted by Crippen LogP contribution is -2.38.